The molecule has 0 aliphatic heterocycles. The van der Waals surface area contributed by atoms with Crippen LogP contribution >= 0.6 is 27.5 Å². The minimum atomic E-state index is 0.404. The molecule has 0 atom stereocenters. The number of anilines is 1. The molecule has 4 N–H and O–H groups in total. The van der Waals surface area contributed by atoms with Gasteiger partial charge in [-0.3, -0.25) is 0 Å². The van der Waals surface area contributed by atoms with Crippen LogP contribution in [0.2, 0.25) is 5.02 Å². The van der Waals surface area contributed by atoms with E-state index in [-0.39, 0.29) is 0 Å². The van der Waals surface area contributed by atoms with Crippen molar-refractivity contribution in [3.05, 3.63) is 33.5 Å². The summed E-state index contributed by atoms with van der Waals surface area (Å²) in [6, 6.07) is 5.53. The second kappa shape index (κ2) is 3.99. The number of aryl methyl sites for hydroxylation is 1. The molecule has 1 aromatic carbocycles. The van der Waals surface area contributed by atoms with E-state index in [0.717, 1.165) is 10.0 Å². The monoisotopic (exact) mass is 300 g/mol. The van der Waals surface area contributed by atoms with Crippen LogP contribution in [0.3, 0.4) is 0 Å². The second-order valence-corrected chi connectivity index (χ2v) is 4.71. The van der Waals surface area contributed by atoms with Crippen molar-refractivity contribution >= 4 is 33.3 Å². The van der Waals surface area contributed by atoms with Gasteiger partial charge in [-0.25, -0.2) is 9.66 Å². The molecule has 1 heterocycles. The average molecular weight is 302 g/mol. The van der Waals surface area contributed by atoms with Crippen LogP contribution in [0.4, 0.5) is 5.82 Å². The Bertz CT molecular complexity index is 550. The van der Waals surface area contributed by atoms with Crippen LogP contribution in [0.5, 0.6) is 0 Å². The zero-order valence-corrected chi connectivity index (χ0v) is 10.9. The van der Waals surface area contributed by atoms with E-state index in [1.165, 1.54) is 4.68 Å². The maximum absolute atomic E-state index is 6.12. The van der Waals surface area contributed by atoms with E-state index >= 15 is 0 Å². The van der Waals surface area contributed by atoms with Crippen LogP contribution in [-0.2, 0) is 0 Å². The summed E-state index contributed by atoms with van der Waals surface area (Å²) in [5.74, 6) is 6.75. The maximum Gasteiger partial charge on any atom is 0.150 e. The second-order valence-electron chi connectivity index (χ2n) is 3.39. The molecule has 0 radical (unpaired) electrons. The topological polar surface area (TPSA) is 69.9 Å². The lowest BCUT2D eigenvalue weighted by molar-refractivity contribution is 0.937. The summed E-state index contributed by atoms with van der Waals surface area (Å²) in [6.07, 6.45) is 0. The quantitative estimate of drug-likeness (QED) is 0.795. The van der Waals surface area contributed by atoms with Crippen LogP contribution < -0.4 is 11.6 Å². The number of imidazole rings is 1. The SMILES string of the molecule is Cc1nc(-c2ccc(Br)cc2Cl)c(N)n1N. The van der Waals surface area contributed by atoms with Gasteiger partial charge in [0.15, 0.2) is 5.82 Å². The van der Waals surface area contributed by atoms with Crippen LogP contribution in [0, 0.1) is 6.92 Å². The highest BCUT2D eigenvalue weighted by molar-refractivity contribution is 9.10. The third-order valence-electron chi connectivity index (χ3n) is 2.31. The molecule has 2 aromatic rings. The Morgan fingerprint density at radius 2 is 2.12 bits per heavy atom. The number of aromatic nitrogens is 2. The van der Waals surface area contributed by atoms with Crippen molar-refractivity contribution in [2.45, 2.75) is 6.92 Å². The summed E-state index contributed by atoms with van der Waals surface area (Å²) in [7, 11) is 0. The van der Waals surface area contributed by atoms with E-state index < -0.39 is 0 Å². The van der Waals surface area contributed by atoms with Crippen molar-refractivity contribution in [2.24, 2.45) is 0 Å². The van der Waals surface area contributed by atoms with Crippen LogP contribution in [0.15, 0.2) is 22.7 Å². The number of halogens is 2. The van der Waals surface area contributed by atoms with Gasteiger partial charge in [0.1, 0.15) is 11.5 Å². The van der Waals surface area contributed by atoms with Crippen molar-refractivity contribution in [2.75, 3.05) is 11.6 Å². The number of rotatable bonds is 1. The van der Waals surface area contributed by atoms with Gasteiger partial charge >= 0.3 is 0 Å². The van der Waals surface area contributed by atoms with Gasteiger partial charge < -0.3 is 11.6 Å². The summed E-state index contributed by atoms with van der Waals surface area (Å²) in [5.41, 5.74) is 7.23. The van der Waals surface area contributed by atoms with Gasteiger partial charge in [0.2, 0.25) is 0 Å². The fourth-order valence-corrected chi connectivity index (χ4v) is 2.20. The molecule has 4 nitrogen and oxygen atoms in total. The summed E-state index contributed by atoms with van der Waals surface area (Å²) in [6.45, 7) is 1.78. The summed E-state index contributed by atoms with van der Waals surface area (Å²) < 4.78 is 2.25. The first-order chi connectivity index (χ1) is 7.50. The van der Waals surface area contributed by atoms with Gasteiger partial charge in [-0.2, -0.15) is 0 Å². The number of nitrogens with zero attached hydrogens (tertiary/aromatic N) is 2. The minimum Gasteiger partial charge on any atom is -0.382 e. The minimum absolute atomic E-state index is 0.404. The molecule has 0 spiro atoms. The van der Waals surface area contributed by atoms with Crippen LogP contribution in [-0.4, -0.2) is 9.66 Å². The molecular weight excluding hydrogens is 291 g/mol. The van der Waals surface area contributed by atoms with Crippen LogP contribution in [0.1, 0.15) is 5.82 Å². The summed E-state index contributed by atoms with van der Waals surface area (Å²) in [5, 5.41) is 0.583. The molecule has 2 rings (SSSR count). The zero-order chi connectivity index (χ0) is 11.9. The zero-order valence-electron chi connectivity index (χ0n) is 8.54. The Labute approximate surface area is 106 Å². The first-order valence-electron chi connectivity index (χ1n) is 4.56. The maximum atomic E-state index is 6.12. The van der Waals surface area contributed by atoms with Gasteiger partial charge in [0.25, 0.3) is 0 Å². The molecule has 1 aromatic heterocycles. The summed E-state index contributed by atoms with van der Waals surface area (Å²) >= 11 is 9.46. The Morgan fingerprint density at radius 1 is 1.44 bits per heavy atom. The molecule has 0 aliphatic carbocycles. The van der Waals surface area contributed by atoms with Gasteiger partial charge in [0.05, 0.1) is 5.02 Å². The number of benzene rings is 1. The summed E-state index contributed by atoms with van der Waals surface area (Å²) in [4.78, 5) is 4.28. The first-order valence-corrected chi connectivity index (χ1v) is 5.73. The molecule has 0 bridgehead atoms. The lowest BCUT2D eigenvalue weighted by Gasteiger charge is -2.03. The van der Waals surface area contributed by atoms with Gasteiger partial charge in [-0.1, -0.05) is 33.6 Å². The fourth-order valence-electron chi connectivity index (χ4n) is 1.44. The number of nitrogen functional groups attached to an aromatic ring is 2. The van der Waals surface area contributed by atoms with E-state index in [2.05, 4.69) is 20.9 Å². The van der Waals surface area contributed by atoms with Gasteiger partial charge in [0, 0.05) is 10.0 Å². The molecule has 0 unspecified atom stereocenters. The lowest BCUT2D eigenvalue weighted by Crippen LogP contribution is -2.13. The Morgan fingerprint density at radius 3 is 2.62 bits per heavy atom. The van der Waals surface area contributed by atoms with Gasteiger partial charge in [-0.15, -0.1) is 0 Å². The predicted molar refractivity (Wildman–Crippen MR) is 69.7 cm³/mol. The Balaban J connectivity index is 2.63. The molecule has 0 saturated heterocycles. The molecule has 84 valence electrons. The third-order valence-corrected chi connectivity index (χ3v) is 3.12. The lowest BCUT2D eigenvalue weighted by atomic mass is 10.1. The molecular formula is C10H10BrClN4. The van der Waals surface area contributed by atoms with E-state index in [0.29, 0.717) is 22.4 Å². The number of hydrogen-bond acceptors (Lipinski definition) is 3. The molecule has 0 aliphatic rings. The molecule has 16 heavy (non-hydrogen) atoms. The molecule has 6 heteroatoms. The largest absolute Gasteiger partial charge is 0.382 e. The van der Waals surface area contributed by atoms with Crippen molar-refractivity contribution in [1.29, 1.82) is 0 Å². The van der Waals surface area contributed by atoms with Crippen molar-refractivity contribution in [3.63, 3.8) is 0 Å². The normalized spacial score (nSPS) is 10.7. The molecule has 0 fully saturated rings. The van der Waals surface area contributed by atoms with E-state index in [1.807, 2.05) is 12.1 Å². The smallest absolute Gasteiger partial charge is 0.150 e. The Hall–Kier alpha value is -1.20. The molecule has 0 saturated carbocycles. The van der Waals surface area contributed by atoms with Crippen molar-refractivity contribution in [3.8, 4) is 11.3 Å². The molecule has 0 amide bonds. The first kappa shape index (κ1) is 11.3. The van der Waals surface area contributed by atoms with Crippen molar-refractivity contribution < 1.29 is 0 Å². The highest BCUT2D eigenvalue weighted by Crippen LogP contribution is 2.32. The average Bonchev–Trinajstić information content (AvgIpc) is 2.46. The highest BCUT2D eigenvalue weighted by atomic mass is 79.9. The number of nitrogens with two attached hydrogens (primary N) is 2. The van der Waals surface area contributed by atoms with Crippen LogP contribution in [0.25, 0.3) is 11.3 Å². The van der Waals surface area contributed by atoms with Crippen molar-refractivity contribution in [1.82, 2.24) is 9.66 Å². The van der Waals surface area contributed by atoms with E-state index in [4.69, 9.17) is 23.2 Å². The standard InChI is InChI=1S/C10H10BrClN4/c1-5-15-9(10(13)16(5)14)7-3-2-6(11)4-8(7)12/h2-4H,13-14H2,1H3. The number of hydrogen-bond donors (Lipinski definition) is 2. The van der Waals surface area contributed by atoms with E-state index in [1.54, 1.807) is 13.0 Å². The predicted octanol–water partition coefficient (Wildman–Crippen LogP) is 2.57. The van der Waals surface area contributed by atoms with E-state index in [9.17, 15) is 0 Å². The fraction of sp³-hybridized carbons (Fsp3) is 0.100. The Kier molecular flexibility index (Phi) is 2.82. The highest BCUT2D eigenvalue weighted by Gasteiger charge is 2.14. The van der Waals surface area contributed by atoms with Gasteiger partial charge in [-0.05, 0) is 19.1 Å². The third kappa shape index (κ3) is 1.76.